The summed E-state index contributed by atoms with van der Waals surface area (Å²) >= 11 is 8.98. The molecule has 88 valence electrons. The maximum Gasteiger partial charge on any atom is 0.0208 e. The molecule has 0 aromatic heterocycles. The van der Waals surface area contributed by atoms with Crippen molar-refractivity contribution < 1.29 is 0 Å². The van der Waals surface area contributed by atoms with E-state index in [1.807, 2.05) is 6.92 Å². The van der Waals surface area contributed by atoms with Gasteiger partial charge in [-0.15, -0.1) is 25.3 Å². The van der Waals surface area contributed by atoms with Crippen LogP contribution in [0.2, 0.25) is 0 Å². The van der Waals surface area contributed by atoms with Crippen LogP contribution in [0, 0.1) is 34.6 Å². The zero-order chi connectivity index (χ0) is 12.6. The van der Waals surface area contributed by atoms with Gasteiger partial charge in [-0.25, -0.2) is 0 Å². The number of benzene rings is 1. The van der Waals surface area contributed by atoms with Crippen LogP contribution in [0.3, 0.4) is 0 Å². The van der Waals surface area contributed by atoms with Crippen LogP contribution in [-0.4, -0.2) is 0 Å². The van der Waals surface area contributed by atoms with E-state index in [2.05, 4.69) is 59.9 Å². The third kappa shape index (κ3) is 2.18. The summed E-state index contributed by atoms with van der Waals surface area (Å²) in [5, 5.41) is 0. The van der Waals surface area contributed by atoms with Gasteiger partial charge in [0.1, 0.15) is 0 Å². The molecular formula is C14H20S2. The average molecular weight is 252 g/mol. The van der Waals surface area contributed by atoms with Gasteiger partial charge >= 0.3 is 0 Å². The number of hydrogen-bond donors (Lipinski definition) is 2. The lowest BCUT2D eigenvalue weighted by Gasteiger charge is -2.19. The molecule has 0 saturated carbocycles. The van der Waals surface area contributed by atoms with Crippen molar-refractivity contribution in [3.8, 4) is 0 Å². The molecule has 0 spiro atoms. The van der Waals surface area contributed by atoms with E-state index in [1.54, 1.807) is 0 Å². The minimum Gasteiger partial charge on any atom is -0.147 e. The van der Waals surface area contributed by atoms with E-state index in [1.165, 1.54) is 33.4 Å². The largest absolute Gasteiger partial charge is 0.147 e. The van der Waals surface area contributed by atoms with Crippen LogP contribution in [0.1, 0.15) is 40.3 Å². The highest BCUT2D eigenvalue weighted by atomic mass is 32.1. The molecule has 1 aromatic carbocycles. The van der Waals surface area contributed by atoms with Gasteiger partial charge in [-0.1, -0.05) is 0 Å². The molecule has 2 heteroatoms. The SMILES string of the molecule is CC(S)=C(S)c1c(C)c(C)c(C)c(C)c1C. The molecular weight excluding hydrogens is 232 g/mol. The lowest BCUT2D eigenvalue weighted by Crippen LogP contribution is -2.01. The Morgan fingerprint density at radius 2 is 1.00 bits per heavy atom. The van der Waals surface area contributed by atoms with Crippen molar-refractivity contribution in [1.29, 1.82) is 0 Å². The Morgan fingerprint density at radius 1 is 0.688 bits per heavy atom. The van der Waals surface area contributed by atoms with Crippen LogP contribution < -0.4 is 0 Å². The third-order valence-electron chi connectivity index (χ3n) is 3.58. The van der Waals surface area contributed by atoms with Crippen LogP contribution >= 0.6 is 25.3 Å². The van der Waals surface area contributed by atoms with Gasteiger partial charge in [-0.3, -0.25) is 0 Å². The van der Waals surface area contributed by atoms with E-state index >= 15 is 0 Å². The first-order valence-corrected chi connectivity index (χ1v) is 6.34. The second-order valence-corrected chi connectivity index (χ2v) is 5.55. The molecule has 0 aliphatic rings. The zero-order valence-electron chi connectivity index (χ0n) is 10.9. The van der Waals surface area contributed by atoms with Crippen LogP contribution in [0.25, 0.3) is 4.91 Å². The first-order chi connectivity index (χ1) is 7.29. The van der Waals surface area contributed by atoms with Crippen LogP contribution in [-0.2, 0) is 0 Å². The van der Waals surface area contributed by atoms with E-state index in [4.69, 9.17) is 0 Å². The Hall–Kier alpha value is -0.340. The minimum absolute atomic E-state index is 0.970. The molecule has 1 aromatic rings. The molecule has 0 aliphatic carbocycles. The molecule has 0 bridgehead atoms. The Bertz CT molecular complexity index is 435. The fraction of sp³-hybridized carbons (Fsp3) is 0.429. The van der Waals surface area contributed by atoms with Crippen molar-refractivity contribution in [2.75, 3.05) is 0 Å². The predicted octanol–water partition coefficient (Wildman–Crippen LogP) is 4.78. The molecule has 0 saturated heterocycles. The fourth-order valence-electron chi connectivity index (χ4n) is 2.04. The third-order valence-corrected chi connectivity index (χ3v) is 4.54. The summed E-state index contributed by atoms with van der Waals surface area (Å²) in [5.41, 5.74) is 7.99. The summed E-state index contributed by atoms with van der Waals surface area (Å²) in [6, 6.07) is 0. The van der Waals surface area contributed by atoms with Crippen molar-refractivity contribution in [2.45, 2.75) is 41.5 Å². The Kier molecular flexibility index (Phi) is 4.19. The smallest absolute Gasteiger partial charge is 0.0208 e. The highest BCUT2D eigenvalue weighted by Gasteiger charge is 2.14. The van der Waals surface area contributed by atoms with E-state index < -0.39 is 0 Å². The molecule has 0 unspecified atom stereocenters. The number of rotatable bonds is 1. The van der Waals surface area contributed by atoms with Gasteiger partial charge < -0.3 is 0 Å². The van der Waals surface area contributed by atoms with Gasteiger partial charge in [0.15, 0.2) is 0 Å². The van der Waals surface area contributed by atoms with Crippen molar-refractivity contribution in [3.63, 3.8) is 0 Å². The van der Waals surface area contributed by atoms with Gasteiger partial charge in [-0.05, 0) is 79.8 Å². The standard InChI is InChI=1S/C14H20S2/c1-7-8(2)10(4)13(11(5)9(7)3)14(16)12(6)15/h15-16H,1-6H3. The van der Waals surface area contributed by atoms with Crippen molar-refractivity contribution in [2.24, 2.45) is 0 Å². The zero-order valence-corrected chi connectivity index (χ0v) is 12.7. The number of hydrogen-bond acceptors (Lipinski definition) is 2. The van der Waals surface area contributed by atoms with Crippen molar-refractivity contribution in [1.82, 2.24) is 0 Å². The number of allylic oxidation sites excluding steroid dienone is 1. The molecule has 0 amide bonds. The Morgan fingerprint density at radius 3 is 1.31 bits per heavy atom. The van der Waals surface area contributed by atoms with Crippen LogP contribution in [0.5, 0.6) is 0 Å². The summed E-state index contributed by atoms with van der Waals surface area (Å²) in [5.74, 6) is 0. The fourth-order valence-corrected chi connectivity index (χ4v) is 2.48. The minimum atomic E-state index is 0.970. The molecule has 0 nitrogen and oxygen atoms in total. The maximum absolute atomic E-state index is 4.59. The van der Waals surface area contributed by atoms with Gasteiger partial charge in [0.2, 0.25) is 0 Å². The molecule has 0 fully saturated rings. The molecule has 16 heavy (non-hydrogen) atoms. The van der Waals surface area contributed by atoms with Gasteiger partial charge in [0.25, 0.3) is 0 Å². The molecule has 0 N–H and O–H groups in total. The average Bonchev–Trinajstić information content (AvgIpc) is 2.23. The predicted molar refractivity (Wildman–Crippen MR) is 80.7 cm³/mol. The van der Waals surface area contributed by atoms with Gasteiger partial charge in [0, 0.05) is 4.91 Å². The van der Waals surface area contributed by atoms with Gasteiger partial charge in [0.05, 0.1) is 0 Å². The highest BCUT2D eigenvalue weighted by Crippen LogP contribution is 2.34. The van der Waals surface area contributed by atoms with Crippen LogP contribution in [0.15, 0.2) is 4.91 Å². The van der Waals surface area contributed by atoms with E-state index in [0.29, 0.717) is 0 Å². The topological polar surface area (TPSA) is 0 Å². The first kappa shape index (κ1) is 13.7. The van der Waals surface area contributed by atoms with Gasteiger partial charge in [-0.2, -0.15) is 0 Å². The molecule has 0 heterocycles. The summed E-state index contributed by atoms with van der Waals surface area (Å²) < 4.78 is 0. The van der Waals surface area contributed by atoms with Crippen molar-refractivity contribution >= 4 is 30.2 Å². The molecule has 1 rings (SSSR count). The monoisotopic (exact) mass is 252 g/mol. The molecule has 0 atom stereocenters. The summed E-state index contributed by atoms with van der Waals surface area (Å²) in [6.07, 6.45) is 0. The maximum atomic E-state index is 4.59. The van der Waals surface area contributed by atoms with E-state index in [0.717, 1.165) is 9.81 Å². The normalized spacial score (nSPS) is 12.8. The highest BCUT2D eigenvalue weighted by molar-refractivity contribution is 7.93. The van der Waals surface area contributed by atoms with Crippen LogP contribution in [0.4, 0.5) is 0 Å². The first-order valence-electron chi connectivity index (χ1n) is 5.45. The Labute approximate surface area is 110 Å². The summed E-state index contributed by atoms with van der Waals surface area (Å²) in [4.78, 5) is 1.96. The van der Waals surface area contributed by atoms with E-state index in [9.17, 15) is 0 Å². The summed E-state index contributed by atoms with van der Waals surface area (Å²) in [7, 11) is 0. The quantitative estimate of drug-likeness (QED) is 0.660. The molecule has 0 aliphatic heterocycles. The lowest BCUT2D eigenvalue weighted by atomic mass is 9.89. The number of thiol groups is 2. The van der Waals surface area contributed by atoms with Crippen molar-refractivity contribution in [3.05, 3.63) is 38.3 Å². The molecule has 0 radical (unpaired) electrons. The second kappa shape index (κ2) is 4.89. The second-order valence-electron chi connectivity index (χ2n) is 4.43. The van der Waals surface area contributed by atoms with E-state index in [-0.39, 0.29) is 0 Å². The lowest BCUT2D eigenvalue weighted by molar-refractivity contribution is 1.16. The summed E-state index contributed by atoms with van der Waals surface area (Å²) in [6.45, 7) is 12.8. The Balaban J connectivity index is 3.72.